The van der Waals surface area contributed by atoms with Gasteiger partial charge in [0.05, 0.1) is 22.9 Å². The summed E-state index contributed by atoms with van der Waals surface area (Å²) in [6, 6.07) is 7.85. The van der Waals surface area contributed by atoms with E-state index in [9.17, 15) is 13.6 Å². The summed E-state index contributed by atoms with van der Waals surface area (Å²) in [4.78, 5) is 24.5. The number of likely N-dealkylation sites (tertiary alicyclic amines) is 1. The van der Waals surface area contributed by atoms with Crippen LogP contribution in [0.4, 0.5) is 26.0 Å². The van der Waals surface area contributed by atoms with Crippen molar-refractivity contribution in [3.63, 3.8) is 0 Å². The third-order valence-corrected chi connectivity index (χ3v) is 7.14. The lowest BCUT2D eigenvalue weighted by Gasteiger charge is -2.25. The second kappa shape index (κ2) is 13.0. The molecule has 1 amide bonds. The Balaban J connectivity index is 1.53. The minimum atomic E-state index is -0.515. The first kappa shape index (κ1) is 26.3. The molecular formula is C26H28ClF2N5OS. The van der Waals surface area contributed by atoms with E-state index in [1.165, 1.54) is 49.5 Å². The van der Waals surface area contributed by atoms with Crippen LogP contribution in [0.1, 0.15) is 25.7 Å². The molecule has 36 heavy (non-hydrogen) atoms. The number of halogens is 3. The molecule has 0 unspecified atom stereocenters. The maximum Gasteiger partial charge on any atom is 0.248 e. The molecule has 6 nitrogen and oxygen atoms in total. The van der Waals surface area contributed by atoms with Crippen LogP contribution in [0.25, 0.3) is 10.9 Å². The summed E-state index contributed by atoms with van der Waals surface area (Å²) in [7, 11) is 0. The Kier molecular flexibility index (Phi) is 9.49. The van der Waals surface area contributed by atoms with E-state index in [4.69, 9.17) is 11.6 Å². The lowest BCUT2D eigenvalue weighted by Crippen LogP contribution is -2.30. The molecule has 1 saturated heterocycles. The summed E-state index contributed by atoms with van der Waals surface area (Å²) in [6.07, 6.45) is 9.40. The fourth-order valence-corrected chi connectivity index (χ4v) is 5.00. The van der Waals surface area contributed by atoms with Gasteiger partial charge in [0.2, 0.25) is 5.91 Å². The molecular weight excluding hydrogens is 504 g/mol. The van der Waals surface area contributed by atoms with E-state index in [1.54, 1.807) is 24.3 Å². The number of fused-ring (bicyclic) bond motifs is 1. The van der Waals surface area contributed by atoms with Crippen molar-refractivity contribution in [1.29, 1.82) is 0 Å². The molecule has 1 fully saturated rings. The fraction of sp³-hybridized carbons (Fsp3) is 0.346. The quantitative estimate of drug-likeness (QED) is 0.227. The molecule has 1 aliphatic rings. The van der Waals surface area contributed by atoms with Gasteiger partial charge in [-0.1, -0.05) is 24.1 Å². The van der Waals surface area contributed by atoms with E-state index in [1.807, 2.05) is 6.08 Å². The number of carbonyl (C=O) groups is 1. The second-order valence-corrected chi connectivity index (χ2v) is 10.0. The molecule has 2 aromatic carbocycles. The monoisotopic (exact) mass is 531 g/mol. The predicted octanol–water partition coefficient (Wildman–Crippen LogP) is 6.60. The van der Waals surface area contributed by atoms with Gasteiger partial charge in [0.15, 0.2) is 0 Å². The van der Waals surface area contributed by atoms with Gasteiger partial charge in [-0.15, -0.1) is 11.8 Å². The highest BCUT2D eigenvalue weighted by molar-refractivity contribution is 7.99. The van der Waals surface area contributed by atoms with Crippen LogP contribution in [0.15, 0.2) is 53.7 Å². The average Bonchev–Trinajstić information content (AvgIpc) is 2.88. The molecule has 0 spiro atoms. The van der Waals surface area contributed by atoms with Crippen LogP contribution in [-0.2, 0) is 4.79 Å². The number of aromatic nitrogens is 2. The van der Waals surface area contributed by atoms with E-state index >= 15 is 0 Å². The molecule has 0 atom stereocenters. The minimum Gasteiger partial charge on any atom is -0.340 e. The first-order valence-electron chi connectivity index (χ1n) is 11.9. The van der Waals surface area contributed by atoms with E-state index in [-0.39, 0.29) is 16.7 Å². The van der Waals surface area contributed by atoms with Crippen LogP contribution in [-0.4, -0.2) is 52.8 Å². The summed E-state index contributed by atoms with van der Waals surface area (Å²) >= 11 is 7.21. The van der Waals surface area contributed by atoms with Gasteiger partial charge in [-0.05, 0) is 68.8 Å². The van der Waals surface area contributed by atoms with E-state index in [2.05, 4.69) is 25.5 Å². The van der Waals surface area contributed by atoms with Gasteiger partial charge in [-0.2, -0.15) is 0 Å². The Morgan fingerprint density at radius 1 is 1.17 bits per heavy atom. The highest BCUT2D eigenvalue weighted by atomic mass is 35.5. The van der Waals surface area contributed by atoms with Crippen molar-refractivity contribution in [3.8, 4) is 0 Å². The Labute approximate surface area is 218 Å². The zero-order valence-corrected chi connectivity index (χ0v) is 21.3. The number of nitrogens with zero attached hydrogens (tertiary/aromatic N) is 3. The molecule has 0 aliphatic carbocycles. The number of amides is 1. The van der Waals surface area contributed by atoms with Crippen molar-refractivity contribution >= 4 is 57.4 Å². The number of rotatable bonds is 10. The number of carbonyl (C=O) groups excluding carboxylic acids is 1. The number of hydrogen-bond acceptors (Lipinski definition) is 6. The van der Waals surface area contributed by atoms with E-state index in [0.717, 1.165) is 26.1 Å². The molecule has 0 radical (unpaired) electrons. The lowest BCUT2D eigenvalue weighted by molar-refractivity contribution is -0.111. The molecule has 1 aromatic heterocycles. The summed E-state index contributed by atoms with van der Waals surface area (Å²) in [5.74, 6) is -0.0491. The molecule has 2 heterocycles. The number of benzene rings is 2. The number of nitrogens with one attached hydrogen (secondary N) is 2. The van der Waals surface area contributed by atoms with E-state index in [0.29, 0.717) is 33.0 Å². The third kappa shape index (κ3) is 7.15. The number of hydrogen-bond donors (Lipinski definition) is 2. The standard InChI is InChI=1S/C26H28ClF2N5OS/c27-20-14-18(7-8-21(20)29)32-26-19-15-23(24(36-13-9-28)16-22(19)30-17-31-26)33-25(35)6-2-5-12-34-10-3-1-4-11-34/h2,6-8,14-17H,1,3-5,9-13H2,(H,33,35)(H,30,31,32)/b6-2+. The smallest absolute Gasteiger partial charge is 0.248 e. The lowest BCUT2D eigenvalue weighted by atomic mass is 10.1. The fourth-order valence-electron chi connectivity index (χ4n) is 4.06. The summed E-state index contributed by atoms with van der Waals surface area (Å²) < 4.78 is 26.5. The van der Waals surface area contributed by atoms with Crippen molar-refractivity contribution in [3.05, 3.63) is 59.7 Å². The van der Waals surface area contributed by atoms with Crippen LogP contribution >= 0.6 is 23.4 Å². The van der Waals surface area contributed by atoms with Crippen LogP contribution in [0.5, 0.6) is 0 Å². The molecule has 3 aromatic rings. The maximum atomic E-state index is 13.6. The first-order valence-corrected chi connectivity index (χ1v) is 13.3. The van der Waals surface area contributed by atoms with Crippen molar-refractivity contribution in [2.75, 3.05) is 42.7 Å². The predicted molar refractivity (Wildman–Crippen MR) is 144 cm³/mol. The number of piperidine rings is 1. The van der Waals surface area contributed by atoms with Crippen molar-refractivity contribution in [2.45, 2.75) is 30.6 Å². The zero-order valence-electron chi connectivity index (χ0n) is 19.8. The molecule has 10 heteroatoms. The van der Waals surface area contributed by atoms with Crippen molar-refractivity contribution in [1.82, 2.24) is 14.9 Å². The Bertz CT molecular complexity index is 1240. The number of thioether (sulfide) groups is 1. The highest BCUT2D eigenvalue weighted by Crippen LogP contribution is 2.34. The van der Waals surface area contributed by atoms with Gasteiger partial charge in [0.25, 0.3) is 0 Å². The SMILES string of the molecule is O=C(/C=C/CCN1CCCCC1)Nc1cc2c(Nc3ccc(F)c(Cl)c3)ncnc2cc1SCCF. The average molecular weight is 532 g/mol. The van der Waals surface area contributed by atoms with Gasteiger partial charge in [0, 0.05) is 28.3 Å². The van der Waals surface area contributed by atoms with Gasteiger partial charge in [-0.25, -0.2) is 14.4 Å². The Hall–Kier alpha value is -2.75. The largest absolute Gasteiger partial charge is 0.340 e. The van der Waals surface area contributed by atoms with E-state index < -0.39 is 12.5 Å². The number of anilines is 3. The normalized spacial score (nSPS) is 14.4. The van der Waals surface area contributed by atoms with Gasteiger partial charge in [-0.3, -0.25) is 9.18 Å². The topological polar surface area (TPSA) is 70.2 Å². The Morgan fingerprint density at radius 2 is 2.00 bits per heavy atom. The van der Waals surface area contributed by atoms with Crippen LogP contribution in [0, 0.1) is 5.82 Å². The van der Waals surface area contributed by atoms with Crippen molar-refractivity contribution < 1.29 is 13.6 Å². The molecule has 2 N–H and O–H groups in total. The number of alkyl halides is 1. The molecule has 0 saturated carbocycles. The first-order chi connectivity index (χ1) is 17.5. The van der Waals surface area contributed by atoms with Gasteiger partial charge in [0.1, 0.15) is 18.0 Å². The van der Waals surface area contributed by atoms with Gasteiger partial charge < -0.3 is 15.5 Å². The third-order valence-electron chi connectivity index (χ3n) is 5.84. The minimum absolute atomic E-state index is 0.0108. The molecule has 190 valence electrons. The molecule has 4 rings (SSSR count). The summed E-state index contributed by atoms with van der Waals surface area (Å²) in [5, 5.41) is 6.69. The maximum absolute atomic E-state index is 13.6. The highest BCUT2D eigenvalue weighted by Gasteiger charge is 2.13. The van der Waals surface area contributed by atoms with Crippen LogP contribution in [0.3, 0.4) is 0 Å². The molecule has 1 aliphatic heterocycles. The van der Waals surface area contributed by atoms with Crippen LogP contribution in [0.2, 0.25) is 5.02 Å². The second-order valence-electron chi connectivity index (χ2n) is 8.46. The summed E-state index contributed by atoms with van der Waals surface area (Å²) in [5.41, 5.74) is 1.72. The van der Waals surface area contributed by atoms with Crippen molar-refractivity contribution in [2.24, 2.45) is 0 Å². The zero-order chi connectivity index (χ0) is 25.3. The Morgan fingerprint density at radius 3 is 2.78 bits per heavy atom. The van der Waals surface area contributed by atoms with Gasteiger partial charge >= 0.3 is 0 Å². The van der Waals surface area contributed by atoms with Crippen LogP contribution < -0.4 is 10.6 Å². The summed E-state index contributed by atoms with van der Waals surface area (Å²) in [6.45, 7) is 2.69. The molecule has 0 bridgehead atoms.